The van der Waals surface area contributed by atoms with Crippen LogP contribution in [0.15, 0.2) is 115 Å². The van der Waals surface area contributed by atoms with Gasteiger partial charge in [-0.15, -0.1) is 0 Å². The summed E-state index contributed by atoms with van der Waals surface area (Å²) in [5.74, 6) is 0. The number of aliphatic hydroxyl groups is 1. The van der Waals surface area contributed by atoms with Gasteiger partial charge in [-0.05, 0) is 0 Å². The molecule has 0 saturated heterocycles. The van der Waals surface area contributed by atoms with Gasteiger partial charge in [0, 0.05) is 0 Å². The average Bonchev–Trinajstić information content (AvgIpc) is 2.95. The summed E-state index contributed by atoms with van der Waals surface area (Å²) in [6.07, 6.45) is -0.299. The minimum atomic E-state index is -2.46. The van der Waals surface area contributed by atoms with E-state index >= 15 is 0 Å². The molecule has 36 heavy (non-hydrogen) atoms. The van der Waals surface area contributed by atoms with Crippen molar-refractivity contribution < 1.29 is 19.0 Å². The van der Waals surface area contributed by atoms with Crippen LogP contribution in [0, 0.1) is 0 Å². The molecule has 0 amide bonds. The van der Waals surface area contributed by atoms with Crippen molar-refractivity contribution in [3.63, 3.8) is 0 Å². The zero-order chi connectivity index (χ0) is 25.1. The normalized spacial score (nSPS) is 12.8. The molecule has 1 unspecified atom stereocenters. The summed E-state index contributed by atoms with van der Waals surface area (Å²) >= 11 is 0. The SMILES string of the molecule is OCCOCCOCC([18F])c1ccc([PH](Cc2ccccc2)(c2ccccc2)c2ccccc2)cc1. The molecule has 3 nitrogen and oxygen atoms in total. The van der Waals surface area contributed by atoms with Crippen molar-refractivity contribution >= 4 is 23.2 Å². The Hall–Kier alpha value is -2.88. The van der Waals surface area contributed by atoms with E-state index in [1.165, 1.54) is 21.5 Å². The van der Waals surface area contributed by atoms with Crippen molar-refractivity contribution in [2.45, 2.75) is 12.3 Å². The summed E-state index contributed by atoms with van der Waals surface area (Å²) in [5.41, 5.74) is 1.90. The second-order valence-corrected chi connectivity index (χ2v) is 12.7. The van der Waals surface area contributed by atoms with Crippen LogP contribution in [0.2, 0.25) is 0 Å². The number of alkyl halides is 1. The summed E-state index contributed by atoms with van der Waals surface area (Å²) in [4.78, 5) is 0. The Bertz CT molecular complexity index is 1120. The third kappa shape index (κ3) is 6.46. The molecular formula is C31H34FO3P. The van der Waals surface area contributed by atoms with Gasteiger partial charge in [0.15, 0.2) is 0 Å². The van der Waals surface area contributed by atoms with E-state index in [9.17, 15) is 4.39 Å². The third-order valence-corrected chi connectivity index (χ3v) is 11.4. The summed E-state index contributed by atoms with van der Waals surface area (Å²) < 4.78 is 25.5. The van der Waals surface area contributed by atoms with E-state index in [2.05, 4.69) is 103 Å². The van der Waals surface area contributed by atoms with Crippen LogP contribution in [0.5, 0.6) is 0 Å². The summed E-state index contributed by atoms with van der Waals surface area (Å²) in [7, 11) is -2.46. The van der Waals surface area contributed by atoms with Crippen LogP contribution >= 0.6 is 7.26 Å². The van der Waals surface area contributed by atoms with Gasteiger partial charge in [0.2, 0.25) is 0 Å². The Morgan fingerprint density at radius 1 is 0.611 bits per heavy atom. The summed E-state index contributed by atoms with van der Waals surface area (Å²) in [5, 5.41) is 12.7. The topological polar surface area (TPSA) is 38.7 Å². The fraction of sp³-hybridized carbons (Fsp3) is 0.226. The molecule has 4 aromatic carbocycles. The maximum absolute atomic E-state index is 14.9. The van der Waals surface area contributed by atoms with E-state index < -0.39 is 13.4 Å². The van der Waals surface area contributed by atoms with Gasteiger partial charge in [-0.1, -0.05) is 0 Å². The first-order chi connectivity index (χ1) is 17.7. The zero-order valence-corrected chi connectivity index (χ0v) is 21.4. The van der Waals surface area contributed by atoms with E-state index in [4.69, 9.17) is 14.6 Å². The first kappa shape index (κ1) is 26.2. The van der Waals surface area contributed by atoms with Crippen molar-refractivity contribution in [3.8, 4) is 0 Å². The van der Waals surface area contributed by atoms with Crippen LogP contribution < -0.4 is 15.9 Å². The summed E-state index contributed by atoms with van der Waals surface area (Å²) in [6, 6.07) is 40.2. The van der Waals surface area contributed by atoms with Gasteiger partial charge in [0.25, 0.3) is 0 Å². The number of aliphatic hydroxyl groups excluding tert-OH is 1. The third-order valence-electron chi connectivity index (χ3n) is 6.48. The van der Waals surface area contributed by atoms with Crippen molar-refractivity contribution in [2.75, 3.05) is 33.0 Å². The molecule has 0 aliphatic rings. The van der Waals surface area contributed by atoms with E-state index in [1.807, 2.05) is 12.1 Å². The number of hydrogen-bond acceptors (Lipinski definition) is 3. The van der Waals surface area contributed by atoms with Gasteiger partial charge < -0.3 is 5.11 Å². The van der Waals surface area contributed by atoms with E-state index in [1.54, 1.807) is 0 Å². The first-order valence-corrected chi connectivity index (χ1v) is 14.6. The first-order valence-electron chi connectivity index (χ1n) is 12.4. The maximum atomic E-state index is 14.9. The quantitative estimate of drug-likeness (QED) is 0.207. The van der Waals surface area contributed by atoms with Crippen LogP contribution in [0.1, 0.15) is 17.3 Å². The van der Waals surface area contributed by atoms with Gasteiger partial charge >= 0.3 is 209 Å². The Balaban J connectivity index is 1.66. The van der Waals surface area contributed by atoms with Crippen molar-refractivity contribution in [3.05, 3.63) is 126 Å². The Morgan fingerprint density at radius 2 is 1.11 bits per heavy atom. The Kier molecular flexibility index (Phi) is 9.77. The molecule has 0 radical (unpaired) electrons. The zero-order valence-electron chi connectivity index (χ0n) is 20.4. The monoisotopic (exact) mass is 503 g/mol. The molecule has 1 N–H and O–H groups in total. The standard InChI is InChI=1S/C31H34FO3P/c32-31(24-35-23-22-34-21-20-33)27-16-18-30(19-17-27)36(28-12-6-2-7-13-28,29-14-8-3-9-15-29)25-26-10-4-1-5-11-26/h1-19,31,33,36H,20-25H2/i32-1. The second-order valence-electron chi connectivity index (χ2n) is 8.80. The van der Waals surface area contributed by atoms with Crippen LogP contribution in [0.3, 0.4) is 0 Å². The number of rotatable bonds is 13. The molecule has 0 aliphatic heterocycles. The van der Waals surface area contributed by atoms with Crippen LogP contribution in [0.25, 0.3) is 0 Å². The molecule has 0 fully saturated rings. The predicted octanol–water partition coefficient (Wildman–Crippen LogP) is 4.95. The number of benzene rings is 4. The molecule has 4 aromatic rings. The van der Waals surface area contributed by atoms with E-state index in [0.717, 1.165) is 6.16 Å². The van der Waals surface area contributed by atoms with E-state index in [-0.39, 0.29) is 19.8 Å². The molecule has 5 heteroatoms. The Labute approximate surface area is 213 Å². The molecule has 1 atom stereocenters. The fourth-order valence-electron chi connectivity index (χ4n) is 4.70. The predicted molar refractivity (Wildman–Crippen MR) is 149 cm³/mol. The minimum absolute atomic E-state index is 0.0220. The number of halogens is 1. The molecule has 0 aliphatic carbocycles. The Morgan fingerprint density at radius 3 is 1.67 bits per heavy atom. The molecule has 0 bridgehead atoms. The molecule has 4 rings (SSSR count). The van der Waals surface area contributed by atoms with Crippen LogP contribution in [0.4, 0.5) is 4.39 Å². The second kappa shape index (κ2) is 13.4. The van der Waals surface area contributed by atoms with Gasteiger partial charge in [-0.2, -0.15) is 0 Å². The number of ether oxygens (including phenoxy) is 2. The molecule has 0 spiro atoms. The van der Waals surface area contributed by atoms with Crippen LogP contribution in [-0.4, -0.2) is 38.1 Å². The molecule has 188 valence electrons. The molecular weight excluding hydrogens is 469 g/mol. The fourth-order valence-corrected chi connectivity index (χ4v) is 9.42. The van der Waals surface area contributed by atoms with Crippen LogP contribution in [-0.2, 0) is 15.6 Å². The van der Waals surface area contributed by atoms with Gasteiger partial charge in [-0.25, -0.2) is 0 Å². The van der Waals surface area contributed by atoms with Crippen molar-refractivity contribution in [2.24, 2.45) is 0 Å². The van der Waals surface area contributed by atoms with Gasteiger partial charge in [-0.3, -0.25) is 0 Å². The molecule has 0 heterocycles. The average molecular weight is 504 g/mol. The molecule has 0 saturated carbocycles. The van der Waals surface area contributed by atoms with Gasteiger partial charge in [0.05, 0.1) is 0 Å². The molecule has 0 aromatic heterocycles. The van der Waals surface area contributed by atoms with Gasteiger partial charge in [0.1, 0.15) is 0 Å². The summed E-state index contributed by atoms with van der Waals surface area (Å²) in [6.45, 7) is 0.855. The number of hydrogen-bond donors (Lipinski definition) is 1. The van der Waals surface area contributed by atoms with Crippen molar-refractivity contribution in [1.29, 1.82) is 0 Å². The van der Waals surface area contributed by atoms with Crippen molar-refractivity contribution in [1.82, 2.24) is 0 Å². The van der Waals surface area contributed by atoms with E-state index in [0.29, 0.717) is 18.8 Å².